The lowest BCUT2D eigenvalue weighted by molar-refractivity contribution is 0.271. The van der Waals surface area contributed by atoms with Crippen molar-refractivity contribution < 1.29 is 4.39 Å². The van der Waals surface area contributed by atoms with Crippen LogP contribution in [-0.2, 0) is 0 Å². The summed E-state index contributed by atoms with van der Waals surface area (Å²) in [6, 6.07) is 10.8. The molecule has 0 atom stereocenters. The summed E-state index contributed by atoms with van der Waals surface area (Å²) in [4.78, 5) is 1.39. The van der Waals surface area contributed by atoms with Crippen LogP contribution in [0.1, 0.15) is 55.5 Å². The predicted molar refractivity (Wildman–Crippen MR) is 138 cm³/mol. The maximum absolute atomic E-state index is 13.7. The van der Waals surface area contributed by atoms with Crippen LogP contribution in [0, 0.1) is 41.3 Å². The van der Waals surface area contributed by atoms with Gasteiger partial charge in [-0.15, -0.1) is 0 Å². The smallest absolute Gasteiger partial charge is 0.124 e. The highest BCUT2D eigenvalue weighted by Gasteiger charge is 2.23. The molecule has 36 heavy (non-hydrogen) atoms. The number of hydrogen-bond donors (Lipinski definition) is 1. The van der Waals surface area contributed by atoms with Gasteiger partial charge in [-0.25, -0.2) is 8.91 Å². The molecule has 0 aliphatic heterocycles. The van der Waals surface area contributed by atoms with Crippen LogP contribution >= 0.6 is 11.8 Å². The van der Waals surface area contributed by atoms with Gasteiger partial charge in [0.25, 0.3) is 0 Å². The SMILES string of the molecule is CN.Cc1c(-c2cc(Sc3ccc(F)cc3C#N)c3c(C#N)cnn3c2)cnn1C1CCC(C)CC1. The third kappa shape index (κ3) is 4.86. The lowest BCUT2D eigenvalue weighted by Crippen LogP contribution is -2.18. The first-order valence-corrected chi connectivity index (χ1v) is 12.7. The Morgan fingerprint density at radius 2 is 1.72 bits per heavy atom. The molecule has 1 aliphatic carbocycles. The van der Waals surface area contributed by atoms with E-state index in [0.29, 0.717) is 22.0 Å². The zero-order valence-corrected chi connectivity index (χ0v) is 21.4. The molecule has 0 saturated heterocycles. The zero-order chi connectivity index (χ0) is 25.8. The molecule has 1 saturated carbocycles. The first kappa shape index (κ1) is 25.4. The molecule has 1 aliphatic rings. The van der Waals surface area contributed by atoms with Gasteiger partial charge in [-0.2, -0.15) is 20.7 Å². The summed E-state index contributed by atoms with van der Waals surface area (Å²) in [5, 5.41) is 28.3. The van der Waals surface area contributed by atoms with Gasteiger partial charge in [-0.1, -0.05) is 18.7 Å². The molecule has 3 heterocycles. The Kier molecular flexibility index (Phi) is 7.73. The van der Waals surface area contributed by atoms with Crippen LogP contribution < -0.4 is 5.73 Å². The normalized spacial score (nSPS) is 17.2. The van der Waals surface area contributed by atoms with Crippen molar-refractivity contribution in [3.05, 3.63) is 65.5 Å². The highest BCUT2D eigenvalue weighted by atomic mass is 32.2. The summed E-state index contributed by atoms with van der Waals surface area (Å²) < 4.78 is 17.5. The van der Waals surface area contributed by atoms with Crippen molar-refractivity contribution in [1.29, 1.82) is 10.5 Å². The Hall–Kier alpha value is -3.66. The largest absolute Gasteiger partial charge is 0.333 e. The summed E-state index contributed by atoms with van der Waals surface area (Å²) in [6.07, 6.45) is 10.1. The third-order valence-corrected chi connectivity index (χ3v) is 7.77. The van der Waals surface area contributed by atoms with Crippen LogP contribution in [0.5, 0.6) is 0 Å². The molecule has 1 fully saturated rings. The molecule has 5 rings (SSSR count). The van der Waals surface area contributed by atoms with Gasteiger partial charge >= 0.3 is 0 Å². The van der Waals surface area contributed by atoms with E-state index in [1.165, 1.54) is 43.8 Å². The Morgan fingerprint density at radius 3 is 2.42 bits per heavy atom. The maximum Gasteiger partial charge on any atom is 0.124 e. The Balaban J connectivity index is 0.00000148. The summed E-state index contributed by atoms with van der Waals surface area (Å²) in [5.41, 5.74) is 8.89. The average Bonchev–Trinajstić information content (AvgIpc) is 3.50. The molecule has 0 unspecified atom stereocenters. The van der Waals surface area contributed by atoms with Crippen LogP contribution in [0.3, 0.4) is 0 Å². The molecular formula is C27H28FN7S. The lowest BCUT2D eigenvalue weighted by Gasteiger charge is -2.27. The Morgan fingerprint density at radius 1 is 1.00 bits per heavy atom. The van der Waals surface area contributed by atoms with E-state index in [0.717, 1.165) is 40.5 Å². The van der Waals surface area contributed by atoms with Crippen molar-refractivity contribution in [3.63, 3.8) is 0 Å². The fraction of sp³-hybridized carbons (Fsp3) is 0.333. The van der Waals surface area contributed by atoms with Crippen molar-refractivity contribution in [2.24, 2.45) is 11.7 Å². The van der Waals surface area contributed by atoms with Gasteiger partial charge in [-0.05, 0) is 69.8 Å². The van der Waals surface area contributed by atoms with Crippen LogP contribution in [0.4, 0.5) is 4.39 Å². The lowest BCUT2D eigenvalue weighted by atomic mass is 9.87. The van der Waals surface area contributed by atoms with E-state index in [-0.39, 0.29) is 5.56 Å². The molecule has 2 N–H and O–H groups in total. The number of rotatable bonds is 4. The van der Waals surface area contributed by atoms with Gasteiger partial charge in [0, 0.05) is 32.8 Å². The van der Waals surface area contributed by atoms with Crippen LogP contribution in [0.25, 0.3) is 16.6 Å². The van der Waals surface area contributed by atoms with Gasteiger partial charge < -0.3 is 5.73 Å². The minimum atomic E-state index is -0.456. The molecular weight excluding hydrogens is 473 g/mol. The Bertz CT molecular complexity index is 1470. The molecule has 3 aromatic heterocycles. The second-order valence-electron chi connectivity index (χ2n) is 8.91. The molecule has 1 aromatic carbocycles. The van der Waals surface area contributed by atoms with Crippen LogP contribution in [0.15, 0.2) is 52.6 Å². The molecule has 0 radical (unpaired) electrons. The van der Waals surface area contributed by atoms with Gasteiger partial charge in [0.05, 0.1) is 35.1 Å². The average molecular weight is 502 g/mol. The maximum atomic E-state index is 13.7. The zero-order valence-electron chi connectivity index (χ0n) is 20.6. The molecule has 0 spiro atoms. The van der Waals surface area contributed by atoms with E-state index >= 15 is 0 Å². The van der Waals surface area contributed by atoms with Gasteiger partial charge in [0.15, 0.2) is 0 Å². The van der Waals surface area contributed by atoms with Crippen molar-refractivity contribution in [3.8, 4) is 23.3 Å². The topological polar surface area (TPSA) is 109 Å². The monoisotopic (exact) mass is 501 g/mol. The van der Waals surface area contributed by atoms with E-state index in [9.17, 15) is 14.9 Å². The number of nitriles is 2. The highest BCUT2D eigenvalue weighted by Crippen LogP contribution is 2.39. The minimum absolute atomic E-state index is 0.252. The van der Waals surface area contributed by atoms with E-state index in [1.807, 2.05) is 18.5 Å². The van der Waals surface area contributed by atoms with Gasteiger partial charge in [0.2, 0.25) is 0 Å². The minimum Gasteiger partial charge on any atom is -0.333 e. The number of pyridine rings is 1. The van der Waals surface area contributed by atoms with Crippen molar-refractivity contribution in [2.75, 3.05) is 7.05 Å². The Labute approximate surface area is 214 Å². The summed E-state index contributed by atoms with van der Waals surface area (Å²) >= 11 is 1.33. The predicted octanol–water partition coefficient (Wildman–Crippen LogP) is 5.87. The summed E-state index contributed by atoms with van der Waals surface area (Å²) in [6.45, 7) is 4.40. The van der Waals surface area contributed by atoms with Gasteiger partial charge in [-0.3, -0.25) is 4.68 Å². The second-order valence-corrected chi connectivity index (χ2v) is 10.00. The first-order chi connectivity index (χ1) is 17.5. The first-order valence-electron chi connectivity index (χ1n) is 11.9. The number of halogens is 1. The molecule has 0 amide bonds. The number of nitrogens with two attached hydrogens (primary N) is 1. The fourth-order valence-corrected chi connectivity index (χ4v) is 5.82. The third-order valence-electron chi connectivity index (χ3n) is 6.67. The number of benzene rings is 1. The summed E-state index contributed by atoms with van der Waals surface area (Å²) in [5.74, 6) is 0.314. The number of hydrogen-bond acceptors (Lipinski definition) is 6. The molecule has 0 bridgehead atoms. The van der Waals surface area contributed by atoms with Crippen LogP contribution in [0.2, 0.25) is 0 Å². The van der Waals surface area contributed by atoms with Crippen molar-refractivity contribution in [2.45, 2.75) is 55.4 Å². The molecule has 184 valence electrons. The molecule has 4 aromatic rings. The van der Waals surface area contributed by atoms with E-state index in [2.05, 4.69) is 41.5 Å². The number of aromatic nitrogens is 4. The molecule has 7 nitrogen and oxygen atoms in total. The van der Waals surface area contributed by atoms with E-state index < -0.39 is 5.82 Å². The van der Waals surface area contributed by atoms with Crippen molar-refractivity contribution >= 4 is 17.3 Å². The number of fused-ring (bicyclic) bond motifs is 1. The quantitative estimate of drug-likeness (QED) is 0.375. The number of nitrogens with zero attached hydrogens (tertiary/aromatic N) is 6. The van der Waals surface area contributed by atoms with Crippen LogP contribution in [-0.4, -0.2) is 26.4 Å². The molecule has 9 heteroatoms. The van der Waals surface area contributed by atoms with Crippen molar-refractivity contribution in [1.82, 2.24) is 19.4 Å². The van der Waals surface area contributed by atoms with E-state index in [1.54, 1.807) is 16.8 Å². The van der Waals surface area contributed by atoms with Gasteiger partial charge in [0.1, 0.15) is 18.0 Å². The summed E-state index contributed by atoms with van der Waals surface area (Å²) in [7, 11) is 1.50. The second kappa shape index (κ2) is 10.9. The highest BCUT2D eigenvalue weighted by molar-refractivity contribution is 7.99. The standard InChI is InChI=1S/C26H23FN6S.CH5N/c1-16-3-6-22(7-4-16)33-17(2)23(14-31-33)19-10-25(26-20(12-29)13-30-32(26)15-19)34-24-8-5-21(27)9-18(24)11-28;1-2/h5,8-10,13-16,22H,3-4,6-7H2,1-2H3;2H2,1H3. The fourth-order valence-electron chi connectivity index (χ4n) is 4.75. The van der Waals surface area contributed by atoms with E-state index in [4.69, 9.17) is 5.10 Å².